The molecular weight excluding hydrogens is 332 g/mol. The van der Waals surface area contributed by atoms with Crippen molar-refractivity contribution in [1.29, 1.82) is 0 Å². The zero-order valence-corrected chi connectivity index (χ0v) is 14.9. The van der Waals surface area contributed by atoms with Crippen LogP contribution >= 0.6 is 0 Å². The SMILES string of the molecule is C=CCn1c(N/N=C\c2ccc(C)cc2)nc2c1c(=O)n(C)c(=O)n2C. The highest BCUT2D eigenvalue weighted by molar-refractivity contribution is 5.80. The van der Waals surface area contributed by atoms with Crippen molar-refractivity contribution in [1.82, 2.24) is 18.7 Å². The Labute approximate surface area is 149 Å². The van der Waals surface area contributed by atoms with Crippen molar-refractivity contribution < 1.29 is 0 Å². The molecule has 1 N–H and O–H groups in total. The maximum Gasteiger partial charge on any atom is 0.332 e. The Kier molecular flexibility index (Phi) is 4.57. The average molecular weight is 352 g/mol. The summed E-state index contributed by atoms with van der Waals surface area (Å²) in [4.78, 5) is 29.0. The number of hydrogen-bond donors (Lipinski definition) is 1. The van der Waals surface area contributed by atoms with Gasteiger partial charge in [0.2, 0.25) is 5.95 Å². The molecule has 0 aliphatic carbocycles. The normalized spacial score (nSPS) is 11.3. The lowest BCUT2D eigenvalue weighted by atomic mass is 10.2. The minimum absolute atomic E-state index is 0.299. The Morgan fingerprint density at radius 2 is 1.88 bits per heavy atom. The summed E-state index contributed by atoms with van der Waals surface area (Å²) < 4.78 is 4.05. The lowest BCUT2D eigenvalue weighted by Crippen LogP contribution is -2.37. The lowest BCUT2D eigenvalue weighted by Gasteiger charge is -2.06. The predicted octanol–water partition coefficient (Wildman–Crippen LogP) is 1.37. The van der Waals surface area contributed by atoms with Crippen molar-refractivity contribution >= 4 is 23.3 Å². The number of nitrogens with one attached hydrogen (secondary N) is 1. The quantitative estimate of drug-likeness (QED) is 0.427. The molecule has 0 aliphatic rings. The topological polar surface area (TPSA) is 86.2 Å². The number of allylic oxidation sites excluding steroid dienone is 1. The van der Waals surface area contributed by atoms with Gasteiger partial charge in [0, 0.05) is 20.6 Å². The highest BCUT2D eigenvalue weighted by Crippen LogP contribution is 2.15. The number of aromatic nitrogens is 4. The number of fused-ring (bicyclic) bond motifs is 1. The molecule has 1 aromatic carbocycles. The second-order valence-corrected chi connectivity index (χ2v) is 5.99. The Hall–Kier alpha value is -3.42. The van der Waals surface area contributed by atoms with Crippen LogP contribution in [-0.4, -0.2) is 24.9 Å². The van der Waals surface area contributed by atoms with Gasteiger partial charge >= 0.3 is 5.69 Å². The van der Waals surface area contributed by atoms with Crippen LogP contribution in [-0.2, 0) is 20.6 Å². The summed E-state index contributed by atoms with van der Waals surface area (Å²) in [6.07, 6.45) is 3.31. The Morgan fingerprint density at radius 1 is 1.19 bits per heavy atom. The summed E-state index contributed by atoms with van der Waals surface area (Å²) in [6, 6.07) is 7.89. The molecular formula is C18H20N6O2. The minimum Gasteiger partial charge on any atom is -0.299 e. The number of nitrogens with zero attached hydrogens (tertiary/aromatic N) is 5. The standard InChI is InChI=1S/C18H20N6O2/c1-5-10-24-14-15(22(3)18(26)23(4)16(14)25)20-17(24)21-19-11-13-8-6-12(2)7-9-13/h5-9,11H,1,10H2,2-4H3,(H,20,21)/b19-11-. The molecule has 134 valence electrons. The van der Waals surface area contributed by atoms with Gasteiger partial charge in [0.25, 0.3) is 5.56 Å². The van der Waals surface area contributed by atoms with Crippen molar-refractivity contribution in [2.24, 2.45) is 19.2 Å². The number of hydrogen-bond acceptors (Lipinski definition) is 5. The van der Waals surface area contributed by atoms with Crippen molar-refractivity contribution in [2.75, 3.05) is 5.43 Å². The number of rotatable bonds is 5. The highest BCUT2D eigenvalue weighted by atomic mass is 16.2. The van der Waals surface area contributed by atoms with E-state index >= 15 is 0 Å². The first-order valence-electron chi connectivity index (χ1n) is 8.07. The lowest BCUT2D eigenvalue weighted by molar-refractivity contribution is 0.703. The zero-order valence-electron chi connectivity index (χ0n) is 14.9. The Bertz CT molecular complexity index is 1120. The molecule has 3 rings (SSSR count). The van der Waals surface area contributed by atoms with Gasteiger partial charge in [-0.25, -0.2) is 10.2 Å². The second-order valence-electron chi connectivity index (χ2n) is 5.99. The number of hydrazone groups is 1. The van der Waals surface area contributed by atoms with E-state index in [9.17, 15) is 9.59 Å². The van der Waals surface area contributed by atoms with Gasteiger partial charge in [-0.15, -0.1) is 6.58 Å². The smallest absolute Gasteiger partial charge is 0.299 e. The first-order chi connectivity index (χ1) is 12.4. The van der Waals surface area contributed by atoms with E-state index in [0.717, 1.165) is 10.1 Å². The van der Waals surface area contributed by atoms with Crippen LogP contribution < -0.4 is 16.7 Å². The summed E-state index contributed by atoms with van der Waals surface area (Å²) in [6.45, 7) is 6.09. The van der Waals surface area contributed by atoms with Gasteiger partial charge in [0.15, 0.2) is 11.2 Å². The monoisotopic (exact) mass is 352 g/mol. The maximum atomic E-state index is 12.5. The van der Waals surface area contributed by atoms with E-state index in [1.165, 1.54) is 17.2 Å². The molecule has 8 nitrogen and oxygen atoms in total. The number of imidazole rings is 1. The molecule has 0 bridgehead atoms. The molecule has 0 spiro atoms. The van der Waals surface area contributed by atoms with Crippen LogP contribution in [0.5, 0.6) is 0 Å². The van der Waals surface area contributed by atoms with E-state index in [2.05, 4.69) is 22.1 Å². The number of aryl methyl sites for hydroxylation is 2. The molecule has 0 atom stereocenters. The summed E-state index contributed by atoms with van der Waals surface area (Å²) in [7, 11) is 3.02. The molecule has 0 fully saturated rings. The van der Waals surface area contributed by atoms with E-state index in [4.69, 9.17) is 0 Å². The van der Waals surface area contributed by atoms with Gasteiger partial charge in [-0.2, -0.15) is 10.1 Å². The maximum absolute atomic E-state index is 12.5. The van der Waals surface area contributed by atoms with Crippen LogP contribution in [0.2, 0.25) is 0 Å². The predicted molar refractivity (Wildman–Crippen MR) is 103 cm³/mol. The highest BCUT2D eigenvalue weighted by Gasteiger charge is 2.18. The zero-order chi connectivity index (χ0) is 18.8. The van der Waals surface area contributed by atoms with E-state index in [-0.39, 0.29) is 0 Å². The third kappa shape index (κ3) is 2.97. The van der Waals surface area contributed by atoms with Crippen LogP contribution in [0.25, 0.3) is 11.2 Å². The van der Waals surface area contributed by atoms with Crippen LogP contribution in [0, 0.1) is 6.92 Å². The van der Waals surface area contributed by atoms with Crippen LogP contribution in [0.1, 0.15) is 11.1 Å². The second kappa shape index (κ2) is 6.83. The molecule has 0 radical (unpaired) electrons. The Balaban J connectivity index is 2.06. The summed E-state index contributed by atoms with van der Waals surface area (Å²) in [5.41, 5.74) is 4.73. The van der Waals surface area contributed by atoms with Crippen LogP contribution in [0.15, 0.2) is 51.6 Å². The van der Waals surface area contributed by atoms with Gasteiger partial charge in [-0.3, -0.25) is 18.5 Å². The van der Waals surface area contributed by atoms with E-state index in [1.54, 1.807) is 23.9 Å². The van der Waals surface area contributed by atoms with Crippen LogP contribution in [0.3, 0.4) is 0 Å². The van der Waals surface area contributed by atoms with E-state index < -0.39 is 11.2 Å². The molecule has 8 heteroatoms. The minimum atomic E-state index is -0.430. The van der Waals surface area contributed by atoms with Crippen LogP contribution in [0.4, 0.5) is 5.95 Å². The van der Waals surface area contributed by atoms with Gasteiger partial charge in [-0.05, 0) is 12.5 Å². The first kappa shape index (κ1) is 17.4. The fourth-order valence-electron chi connectivity index (χ4n) is 2.66. The molecule has 26 heavy (non-hydrogen) atoms. The van der Waals surface area contributed by atoms with Crippen molar-refractivity contribution in [3.63, 3.8) is 0 Å². The molecule has 3 aromatic rings. The van der Waals surface area contributed by atoms with Crippen molar-refractivity contribution in [3.05, 3.63) is 68.9 Å². The summed E-state index contributed by atoms with van der Waals surface area (Å²) >= 11 is 0. The summed E-state index contributed by atoms with van der Waals surface area (Å²) in [5.74, 6) is 0.363. The van der Waals surface area contributed by atoms with Crippen molar-refractivity contribution in [2.45, 2.75) is 13.5 Å². The summed E-state index contributed by atoms with van der Waals surface area (Å²) in [5, 5.41) is 4.20. The first-order valence-corrected chi connectivity index (χ1v) is 8.07. The van der Waals surface area contributed by atoms with E-state index in [1.807, 2.05) is 31.2 Å². The molecule has 0 saturated heterocycles. The largest absolute Gasteiger partial charge is 0.332 e. The molecule has 0 amide bonds. The van der Waals surface area contributed by atoms with Gasteiger partial charge in [0.1, 0.15) is 0 Å². The van der Waals surface area contributed by atoms with E-state index in [0.29, 0.717) is 23.7 Å². The molecule has 0 saturated carbocycles. The molecule has 2 heterocycles. The van der Waals surface area contributed by atoms with Gasteiger partial charge in [0.05, 0.1) is 6.21 Å². The molecule has 0 aliphatic heterocycles. The fraction of sp³-hybridized carbons (Fsp3) is 0.222. The third-order valence-electron chi connectivity index (χ3n) is 4.12. The molecule has 0 unspecified atom stereocenters. The fourth-order valence-corrected chi connectivity index (χ4v) is 2.66. The molecule has 2 aromatic heterocycles. The average Bonchev–Trinajstić information content (AvgIpc) is 2.99. The number of anilines is 1. The van der Waals surface area contributed by atoms with Crippen molar-refractivity contribution in [3.8, 4) is 0 Å². The third-order valence-corrected chi connectivity index (χ3v) is 4.12. The number of benzene rings is 1. The van der Waals surface area contributed by atoms with Gasteiger partial charge in [-0.1, -0.05) is 35.9 Å². The Morgan fingerprint density at radius 3 is 2.54 bits per heavy atom. The van der Waals surface area contributed by atoms with Gasteiger partial charge < -0.3 is 0 Å².